The highest BCUT2D eigenvalue weighted by molar-refractivity contribution is 6.42. The number of fused-ring (bicyclic) bond motifs is 1. The van der Waals surface area contributed by atoms with Gasteiger partial charge in [0.25, 0.3) is 0 Å². The van der Waals surface area contributed by atoms with Crippen LogP contribution in [0.4, 0.5) is 5.95 Å². The summed E-state index contributed by atoms with van der Waals surface area (Å²) in [5.41, 5.74) is 7.51. The molecule has 0 amide bonds. The van der Waals surface area contributed by atoms with Crippen molar-refractivity contribution in [2.75, 3.05) is 5.73 Å². The van der Waals surface area contributed by atoms with Crippen molar-refractivity contribution in [3.8, 4) is 0 Å². The summed E-state index contributed by atoms with van der Waals surface area (Å²) in [6.07, 6.45) is 0. The molecule has 3 nitrogen and oxygen atoms in total. The Kier molecular flexibility index (Phi) is 2.52. The average Bonchev–Trinajstić information content (AvgIpc) is 2.41. The molecule has 0 spiro atoms. The van der Waals surface area contributed by atoms with Crippen molar-refractivity contribution in [1.29, 1.82) is 0 Å². The molecule has 2 aromatic rings. The lowest BCUT2D eigenvalue weighted by Crippen LogP contribution is -2.05. The summed E-state index contributed by atoms with van der Waals surface area (Å²) in [6, 6.07) is 3.77. The first-order valence-corrected chi connectivity index (χ1v) is 5.38. The number of anilines is 1. The molecule has 0 atom stereocenters. The molecule has 0 radical (unpaired) electrons. The van der Waals surface area contributed by atoms with Crippen molar-refractivity contribution in [1.82, 2.24) is 9.55 Å². The van der Waals surface area contributed by atoms with E-state index in [1.165, 1.54) is 0 Å². The second kappa shape index (κ2) is 3.58. The molecular formula is C10H11Cl2N3. The third kappa shape index (κ3) is 1.66. The predicted molar refractivity (Wildman–Crippen MR) is 64.6 cm³/mol. The molecule has 0 unspecified atom stereocenters. The van der Waals surface area contributed by atoms with Crippen molar-refractivity contribution in [3.63, 3.8) is 0 Å². The van der Waals surface area contributed by atoms with Crippen molar-refractivity contribution in [2.24, 2.45) is 0 Å². The fourth-order valence-electron chi connectivity index (χ4n) is 1.65. The summed E-state index contributed by atoms with van der Waals surface area (Å²) in [6.45, 7) is 4.08. The van der Waals surface area contributed by atoms with Gasteiger partial charge in [0.15, 0.2) is 0 Å². The number of halogens is 2. The van der Waals surface area contributed by atoms with Gasteiger partial charge >= 0.3 is 0 Å². The van der Waals surface area contributed by atoms with E-state index in [0.29, 0.717) is 16.0 Å². The third-order valence-corrected chi connectivity index (χ3v) is 3.00. The quantitative estimate of drug-likeness (QED) is 0.834. The Bertz CT molecular complexity index is 517. The Morgan fingerprint density at radius 2 is 1.87 bits per heavy atom. The summed E-state index contributed by atoms with van der Waals surface area (Å²) >= 11 is 11.9. The van der Waals surface area contributed by atoms with E-state index in [9.17, 15) is 0 Å². The Labute approximate surface area is 97.8 Å². The van der Waals surface area contributed by atoms with Gasteiger partial charge in [-0.2, -0.15) is 0 Å². The van der Waals surface area contributed by atoms with Crippen LogP contribution in [0, 0.1) is 0 Å². The summed E-state index contributed by atoms with van der Waals surface area (Å²) < 4.78 is 1.93. The first-order chi connectivity index (χ1) is 7.00. The number of nitrogens with zero attached hydrogens (tertiary/aromatic N) is 2. The number of imidazole rings is 1. The number of aromatic nitrogens is 2. The molecule has 0 aliphatic heterocycles. The van der Waals surface area contributed by atoms with Gasteiger partial charge in [0.05, 0.1) is 21.1 Å². The van der Waals surface area contributed by atoms with E-state index < -0.39 is 0 Å². The van der Waals surface area contributed by atoms with Crippen LogP contribution in [-0.4, -0.2) is 9.55 Å². The molecule has 5 heteroatoms. The topological polar surface area (TPSA) is 43.8 Å². The standard InChI is InChI=1S/C10H11Cl2N3/c1-5(2)15-9-4-7(12)6(11)3-8(9)14-10(15)13/h3-5H,1-2H3,(H2,13,14). The second-order valence-electron chi connectivity index (χ2n) is 3.69. The molecule has 1 aromatic carbocycles. The normalized spacial score (nSPS) is 11.5. The fourth-order valence-corrected chi connectivity index (χ4v) is 1.97. The van der Waals surface area contributed by atoms with E-state index in [1.807, 2.05) is 18.4 Å². The smallest absolute Gasteiger partial charge is 0.201 e. The number of nitrogens with two attached hydrogens (primary N) is 1. The van der Waals surface area contributed by atoms with E-state index >= 15 is 0 Å². The number of nitrogen functional groups attached to an aromatic ring is 1. The maximum absolute atomic E-state index is 5.96. The lowest BCUT2D eigenvalue weighted by molar-refractivity contribution is 0.627. The Hall–Kier alpha value is -0.930. The summed E-state index contributed by atoms with van der Waals surface area (Å²) in [4.78, 5) is 4.23. The molecule has 0 saturated carbocycles. The molecule has 80 valence electrons. The van der Waals surface area contributed by atoms with Crippen LogP contribution in [0.25, 0.3) is 11.0 Å². The van der Waals surface area contributed by atoms with Gasteiger partial charge in [-0.05, 0) is 26.0 Å². The van der Waals surface area contributed by atoms with Gasteiger partial charge in [-0.3, -0.25) is 0 Å². The van der Waals surface area contributed by atoms with Crippen LogP contribution in [0.5, 0.6) is 0 Å². The van der Waals surface area contributed by atoms with Gasteiger partial charge in [0.2, 0.25) is 5.95 Å². The Morgan fingerprint density at radius 3 is 2.47 bits per heavy atom. The van der Waals surface area contributed by atoms with Crippen LogP contribution in [-0.2, 0) is 0 Å². The Morgan fingerprint density at radius 1 is 1.27 bits per heavy atom. The van der Waals surface area contributed by atoms with Crippen LogP contribution in [0.3, 0.4) is 0 Å². The summed E-state index contributed by atoms with van der Waals surface area (Å²) in [5, 5.41) is 1.02. The zero-order valence-corrected chi connectivity index (χ0v) is 9.97. The van der Waals surface area contributed by atoms with Gasteiger partial charge < -0.3 is 10.3 Å². The van der Waals surface area contributed by atoms with Gasteiger partial charge in [0.1, 0.15) is 0 Å². The lowest BCUT2D eigenvalue weighted by Gasteiger charge is -2.10. The Balaban J connectivity index is 2.81. The van der Waals surface area contributed by atoms with E-state index in [-0.39, 0.29) is 6.04 Å². The maximum atomic E-state index is 5.96. The zero-order chi connectivity index (χ0) is 11.2. The number of benzene rings is 1. The molecule has 1 heterocycles. The molecule has 15 heavy (non-hydrogen) atoms. The van der Waals surface area contributed by atoms with Crippen LogP contribution in [0.2, 0.25) is 10.0 Å². The predicted octanol–water partition coefficient (Wildman–Crippen LogP) is 3.51. The summed E-state index contributed by atoms with van der Waals surface area (Å²) in [7, 11) is 0. The highest BCUT2D eigenvalue weighted by Crippen LogP contribution is 2.30. The lowest BCUT2D eigenvalue weighted by atomic mass is 10.3. The van der Waals surface area contributed by atoms with Gasteiger partial charge in [-0.1, -0.05) is 23.2 Å². The van der Waals surface area contributed by atoms with Crippen LogP contribution >= 0.6 is 23.2 Å². The van der Waals surface area contributed by atoms with Crippen molar-refractivity contribution >= 4 is 40.2 Å². The largest absolute Gasteiger partial charge is 0.369 e. The van der Waals surface area contributed by atoms with E-state index in [4.69, 9.17) is 28.9 Å². The highest BCUT2D eigenvalue weighted by atomic mass is 35.5. The first-order valence-electron chi connectivity index (χ1n) is 4.63. The third-order valence-electron chi connectivity index (χ3n) is 2.28. The van der Waals surface area contributed by atoms with Crippen LogP contribution < -0.4 is 5.73 Å². The molecule has 0 saturated heterocycles. The minimum Gasteiger partial charge on any atom is -0.369 e. The van der Waals surface area contributed by atoms with Crippen LogP contribution in [0.1, 0.15) is 19.9 Å². The van der Waals surface area contributed by atoms with Gasteiger partial charge in [-0.15, -0.1) is 0 Å². The van der Waals surface area contributed by atoms with Crippen molar-refractivity contribution in [2.45, 2.75) is 19.9 Å². The molecule has 1 aromatic heterocycles. The van der Waals surface area contributed by atoms with E-state index in [0.717, 1.165) is 11.0 Å². The molecular weight excluding hydrogens is 233 g/mol. The molecule has 0 fully saturated rings. The second-order valence-corrected chi connectivity index (χ2v) is 4.50. The monoisotopic (exact) mass is 243 g/mol. The van der Waals surface area contributed by atoms with Gasteiger partial charge in [-0.25, -0.2) is 4.98 Å². The zero-order valence-electron chi connectivity index (χ0n) is 8.46. The number of hydrogen-bond acceptors (Lipinski definition) is 2. The minimum atomic E-state index is 0.243. The molecule has 0 bridgehead atoms. The van der Waals surface area contributed by atoms with Gasteiger partial charge in [0, 0.05) is 6.04 Å². The average molecular weight is 244 g/mol. The van der Waals surface area contributed by atoms with Crippen molar-refractivity contribution in [3.05, 3.63) is 22.2 Å². The molecule has 2 N–H and O–H groups in total. The first kappa shape index (κ1) is 10.6. The maximum Gasteiger partial charge on any atom is 0.201 e. The number of rotatable bonds is 1. The molecule has 0 aliphatic carbocycles. The fraction of sp³-hybridized carbons (Fsp3) is 0.300. The summed E-state index contributed by atoms with van der Waals surface area (Å²) in [5.74, 6) is 0.485. The SMILES string of the molecule is CC(C)n1c(N)nc2cc(Cl)c(Cl)cc21. The number of hydrogen-bond donors (Lipinski definition) is 1. The van der Waals surface area contributed by atoms with E-state index in [2.05, 4.69) is 4.98 Å². The highest BCUT2D eigenvalue weighted by Gasteiger charge is 2.12. The van der Waals surface area contributed by atoms with Crippen molar-refractivity contribution < 1.29 is 0 Å². The van der Waals surface area contributed by atoms with E-state index in [1.54, 1.807) is 12.1 Å². The molecule has 0 aliphatic rings. The minimum absolute atomic E-state index is 0.243. The molecule has 2 rings (SSSR count). The van der Waals surface area contributed by atoms with Crippen LogP contribution in [0.15, 0.2) is 12.1 Å².